The first kappa shape index (κ1) is 16.8. The van der Waals surface area contributed by atoms with E-state index in [2.05, 4.69) is 17.0 Å². The number of fused-ring (bicyclic) bond motifs is 2. The van der Waals surface area contributed by atoms with E-state index in [1.807, 2.05) is 42.3 Å². The molecule has 0 N–H and O–H groups in total. The number of para-hydroxylation sites is 2. The molecule has 0 bridgehead atoms. The quantitative estimate of drug-likeness (QED) is 0.833. The standard InChI is InChI=1S/C21H24N2O3/c1-22-14-20(26-19-6-4-3-5-18(19)22)21(24)23-11-9-15-7-8-17(25-2)13-16(15)10-12-23/h3-8,13,20H,9-12,14H2,1-2H3/t20-/m0/s1. The number of hydrogen-bond acceptors (Lipinski definition) is 4. The molecule has 0 saturated carbocycles. The molecule has 0 fully saturated rings. The highest BCUT2D eigenvalue weighted by Gasteiger charge is 2.32. The van der Waals surface area contributed by atoms with E-state index in [1.54, 1.807) is 7.11 Å². The lowest BCUT2D eigenvalue weighted by Gasteiger charge is -2.35. The summed E-state index contributed by atoms with van der Waals surface area (Å²) in [6.07, 6.45) is 1.26. The number of hydrogen-bond donors (Lipinski definition) is 0. The van der Waals surface area contributed by atoms with Crippen LogP contribution in [0.2, 0.25) is 0 Å². The normalized spacial score (nSPS) is 19.1. The van der Waals surface area contributed by atoms with Crippen molar-refractivity contribution in [2.75, 3.05) is 38.7 Å². The number of methoxy groups -OCH3 is 1. The zero-order valence-corrected chi connectivity index (χ0v) is 15.3. The molecular formula is C21H24N2O3. The fourth-order valence-electron chi connectivity index (χ4n) is 3.79. The summed E-state index contributed by atoms with van der Waals surface area (Å²) < 4.78 is 11.3. The SMILES string of the molecule is COc1ccc2c(c1)CCN(C(=O)[C@@H]1CN(C)c3ccccc3O1)CC2. The van der Waals surface area contributed by atoms with Gasteiger partial charge in [0.2, 0.25) is 0 Å². The molecule has 2 aromatic carbocycles. The van der Waals surface area contributed by atoms with Gasteiger partial charge in [0, 0.05) is 20.1 Å². The topological polar surface area (TPSA) is 42.0 Å². The van der Waals surface area contributed by atoms with Crippen LogP contribution in [0, 0.1) is 0 Å². The molecule has 0 spiro atoms. The Labute approximate surface area is 154 Å². The van der Waals surface area contributed by atoms with Crippen molar-refractivity contribution in [1.82, 2.24) is 4.90 Å². The largest absolute Gasteiger partial charge is 0.497 e. The predicted molar refractivity (Wildman–Crippen MR) is 101 cm³/mol. The summed E-state index contributed by atoms with van der Waals surface area (Å²) in [4.78, 5) is 17.1. The smallest absolute Gasteiger partial charge is 0.265 e. The van der Waals surface area contributed by atoms with Gasteiger partial charge in [-0.05, 0) is 48.2 Å². The first-order valence-corrected chi connectivity index (χ1v) is 9.07. The summed E-state index contributed by atoms with van der Waals surface area (Å²) >= 11 is 0. The van der Waals surface area contributed by atoms with E-state index in [1.165, 1.54) is 11.1 Å². The molecule has 136 valence electrons. The molecule has 26 heavy (non-hydrogen) atoms. The number of nitrogens with zero attached hydrogens (tertiary/aromatic N) is 2. The third-order valence-corrected chi connectivity index (χ3v) is 5.29. The molecule has 2 aromatic rings. The Morgan fingerprint density at radius 2 is 1.88 bits per heavy atom. The van der Waals surface area contributed by atoms with Crippen molar-refractivity contribution in [3.63, 3.8) is 0 Å². The minimum absolute atomic E-state index is 0.0751. The molecule has 2 aliphatic heterocycles. The lowest BCUT2D eigenvalue weighted by Crippen LogP contribution is -2.50. The molecule has 0 radical (unpaired) electrons. The average molecular weight is 352 g/mol. The van der Waals surface area contributed by atoms with Crippen LogP contribution in [0.4, 0.5) is 5.69 Å². The molecule has 2 heterocycles. The lowest BCUT2D eigenvalue weighted by molar-refractivity contribution is -0.138. The molecule has 0 saturated heterocycles. The first-order chi connectivity index (χ1) is 12.7. The highest BCUT2D eigenvalue weighted by atomic mass is 16.5. The number of anilines is 1. The van der Waals surface area contributed by atoms with Crippen LogP contribution in [0.25, 0.3) is 0 Å². The molecule has 0 aliphatic carbocycles. The van der Waals surface area contributed by atoms with Crippen molar-refractivity contribution < 1.29 is 14.3 Å². The number of rotatable bonds is 2. The van der Waals surface area contributed by atoms with E-state index in [0.29, 0.717) is 13.1 Å². The monoisotopic (exact) mass is 352 g/mol. The number of carbonyl (C=O) groups is 1. The number of likely N-dealkylation sites (N-methyl/N-ethyl adjacent to an activating group) is 1. The number of benzene rings is 2. The second-order valence-electron chi connectivity index (χ2n) is 6.91. The summed E-state index contributed by atoms with van der Waals surface area (Å²) in [6.45, 7) is 2.01. The fourth-order valence-corrected chi connectivity index (χ4v) is 3.79. The molecule has 5 nitrogen and oxygen atoms in total. The van der Waals surface area contributed by atoms with E-state index in [9.17, 15) is 4.79 Å². The molecule has 0 unspecified atom stereocenters. The molecule has 5 heteroatoms. The van der Waals surface area contributed by atoms with Crippen molar-refractivity contribution in [1.29, 1.82) is 0 Å². The average Bonchev–Trinajstić information content (AvgIpc) is 2.89. The van der Waals surface area contributed by atoms with E-state index in [-0.39, 0.29) is 5.91 Å². The van der Waals surface area contributed by atoms with Gasteiger partial charge in [0.25, 0.3) is 5.91 Å². The Kier molecular flexibility index (Phi) is 4.45. The minimum atomic E-state index is -0.453. The maximum absolute atomic E-state index is 13.1. The van der Waals surface area contributed by atoms with Crippen molar-refractivity contribution >= 4 is 11.6 Å². The van der Waals surface area contributed by atoms with Gasteiger partial charge >= 0.3 is 0 Å². The summed E-state index contributed by atoms with van der Waals surface area (Å²) in [7, 11) is 3.69. The van der Waals surface area contributed by atoms with Crippen LogP contribution < -0.4 is 14.4 Å². The minimum Gasteiger partial charge on any atom is -0.497 e. The maximum atomic E-state index is 13.1. The van der Waals surface area contributed by atoms with Crippen molar-refractivity contribution in [2.45, 2.75) is 18.9 Å². The Balaban J connectivity index is 1.48. The van der Waals surface area contributed by atoms with Gasteiger partial charge in [-0.15, -0.1) is 0 Å². The van der Waals surface area contributed by atoms with E-state index in [0.717, 1.165) is 36.6 Å². The molecule has 0 aromatic heterocycles. The van der Waals surface area contributed by atoms with Gasteiger partial charge < -0.3 is 19.3 Å². The van der Waals surface area contributed by atoms with Crippen LogP contribution in [0.1, 0.15) is 11.1 Å². The summed E-state index contributed by atoms with van der Waals surface area (Å²) in [5, 5.41) is 0. The Bertz CT molecular complexity index is 821. The molecule has 4 rings (SSSR count). The third kappa shape index (κ3) is 3.09. The van der Waals surface area contributed by atoms with Gasteiger partial charge in [0.15, 0.2) is 6.10 Å². The van der Waals surface area contributed by atoms with Crippen LogP contribution in [0.3, 0.4) is 0 Å². The van der Waals surface area contributed by atoms with Crippen molar-refractivity contribution in [3.05, 3.63) is 53.6 Å². The molecule has 2 aliphatic rings. The van der Waals surface area contributed by atoms with Crippen LogP contribution in [0.15, 0.2) is 42.5 Å². The van der Waals surface area contributed by atoms with Gasteiger partial charge in [0.1, 0.15) is 11.5 Å². The van der Waals surface area contributed by atoms with Crippen LogP contribution >= 0.6 is 0 Å². The van der Waals surface area contributed by atoms with Crippen LogP contribution in [0.5, 0.6) is 11.5 Å². The van der Waals surface area contributed by atoms with Crippen LogP contribution in [-0.4, -0.2) is 50.7 Å². The maximum Gasteiger partial charge on any atom is 0.265 e. The zero-order valence-electron chi connectivity index (χ0n) is 15.3. The number of ether oxygens (including phenoxy) is 2. The highest BCUT2D eigenvalue weighted by molar-refractivity contribution is 5.83. The third-order valence-electron chi connectivity index (χ3n) is 5.29. The van der Waals surface area contributed by atoms with Crippen LogP contribution in [-0.2, 0) is 17.6 Å². The second-order valence-corrected chi connectivity index (χ2v) is 6.91. The number of amides is 1. The van der Waals surface area contributed by atoms with Crippen molar-refractivity contribution in [3.8, 4) is 11.5 Å². The van der Waals surface area contributed by atoms with Gasteiger partial charge in [-0.3, -0.25) is 4.79 Å². The van der Waals surface area contributed by atoms with Crippen molar-refractivity contribution in [2.24, 2.45) is 0 Å². The molecule has 1 atom stereocenters. The Morgan fingerprint density at radius 3 is 2.69 bits per heavy atom. The van der Waals surface area contributed by atoms with Gasteiger partial charge in [-0.2, -0.15) is 0 Å². The van der Waals surface area contributed by atoms with Gasteiger partial charge in [-0.25, -0.2) is 0 Å². The van der Waals surface area contributed by atoms with E-state index < -0.39 is 6.10 Å². The lowest BCUT2D eigenvalue weighted by atomic mass is 10.0. The molecular weight excluding hydrogens is 328 g/mol. The zero-order chi connectivity index (χ0) is 18.1. The summed E-state index contributed by atoms with van der Waals surface area (Å²) in [5.74, 6) is 1.73. The second kappa shape index (κ2) is 6.90. The summed E-state index contributed by atoms with van der Waals surface area (Å²) in [6, 6.07) is 14.1. The van der Waals surface area contributed by atoms with E-state index >= 15 is 0 Å². The predicted octanol–water partition coefficient (Wildman–Crippen LogP) is 2.52. The van der Waals surface area contributed by atoms with Gasteiger partial charge in [0.05, 0.1) is 19.3 Å². The Hall–Kier alpha value is -2.69. The Morgan fingerprint density at radius 1 is 1.12 bits per heavy atom. The molecule has 1 amide bonds. The number of carbonyl (C=O) groups excluding carboxylic acids is 1. The van der Waals surface area contributed by atoms with Gasteiger partial charge in [-0.1, -0.05) is 18.2 Å². The fraction of sp³-hybridized carbons (Fsp3) is 0.381. The highest BCUT2D eigenvalue weighted by Crippen LogP contribution is 2.32. The first-order valence-electron chi connectivity index (χ1n) is 9.07. The summed E-state index contributed by atoms with van der Waals surface area (Å²) in [5.41, 5.74) is 3.60. The van der Waals surface area contributed by atoms with E-state index in [4.69, 9.17) is 9.47 Å².